The lowest BCUT2D eigenvalue weighted by Gasteiger charge is -2.25. The molecule has 3 aromatic carbocycles. The van der Waals surface area contributed by atoms with E-state index >= 15 is 0 Å². The molecule has 2 amide bonds. The molecule has 1 unspecified atom stereocenters. The van der Waals surface area contributed by atoms with Crippen molar-refractivity contribution in [2.24, 2.45) is 0 Å². The minimum atomic E-state index is -0.236. The number of hydrogen-bond donors (Lipinski definition) is 2. The first-order chi connectivity index (χ1) is 16.2. The molecule has 0 aliphatic carbocycles. The van der Waals surface area contributed by atoms with Crippen molar-refractivity contribution in [3.8, 4) is 5.75 Å². The van der Waals surface area contributed by atoms with E-state index in [0.717, 1.165) is 41.6 Å². The average molecular weight is 444 g/mol. The highest BCUT2D eigenvalue weighted by Gasteiger charge is 2.31. The Bertz CT molecular complexity index is 1200. The van der Waals surface area contributed by atoms with Crippen molar-refractivity contribution in [2.75, 3.05) is 25.5 Å². The number of rotatable bonds is 6. The number of hydrogen-bond acceptors (Lipinski definition) is 4. The Morgan fingerprint density at radius 2 is 1.94 bits per heavy atom. The van der Waals surface area contributed by atoms with Gasteiger partial charge in [0.15, 0.2) is 0 Å². The van der Waals surface area contributed by atoms with Gasteiger partial charge in [-0.25, -0.2) is 0 Å². The molecule has 5 rings (SSSR count). The van der Waals surface area contributed by atoms with Gasteiger partial charge in [-0.3, -0.25) is 9.59 Å². The van der Waals surface area contributed by atoms with Crippen LogP contribution in [0.3, 0.4) is 0 Å². The van der Waals surface area contributed by atoms with Crippen molar-refractivity contribution in [1.82, 2.24) is 10.2 Å². The number of nitrogens with one attached hydrogen (secondary N) is 2. The van der Waals surface area contributed by atoms with E-state index in [4.69, 9.17) is 4.74 Å². The normalized spacial score (nSPS) is 17.8. The predicted molar refractivity (Wildman–Crippen MR) is 130 cm³/mol. The first kappa shape index (κ1) is 21.5. The van der Waals surface area contributed by atoms with Crippen molar-refractivity contribution in [2.45, 2.75) is 38.3 Å². The van der Waals surface area contributed by atoms with Crippen LogP contribution < -0.4 is 15.4 Å². The van der Waals surface area contributed by atoms with E-state index in [2.05, 4.69) is 10.6 Å². The molecule has 2 aliphatic rings. The summed E-state index contributed by atoms with van der Waals surface area (Å²) in [4.78, 5) is 28.4. The van der Waals surface area contributed by atoms with Gasteiger partial charge in [0, 0.05) is 30.1 Å². The van der Waals surface area contributed by atoms with Crippen molar-refractivity contribution < 1.29 is 14.3 Å². The van der Waals surface area contributed by atoms with Crippen LogP contribution in [0.2, 0.25) is 0 Å². The van der Waals surface area contributed by atoms with Crippen LogP contribution in [0.1, 0.15) is 52.0 Å². The Labute approximate surface area is 193 Å². The molecule has 3 aromatic rings. The molecule has 1 atom stereocenters. The van der Waals surface area contributed by atoms with Gasteiger partial charge in [-0.15, -0.1) is 0 Å². The van der Waals surface area contributed by atoms with E-state index in [9.17, 15) is 9.59 Å². The molecule has 2 N–H and O–H groups in total. The Morgan fingerprint density at radius 3 is 2.73 bits per heavy atom. The zero-order valence-corrected chi connectivity index (χ0v) is 18.9. The number of anilines is 1. The lowest BCUT2D eigenvalue weighted by molar-refractivity contribution is 0.0771. The number of benzene rings is 3. The third kappa shape index (κ3) is 4.18. The van der Waals surface area contributed by atoms with Crippen LogP contribution in [0.15, 0.2) is 54.6 Å². The highest BCUT2D eigenvalue weighted by Crippen LogP contribution is 2.32. The molecule has 0 radical (unpaired) electrons. The maximum Gasteiger partial charge on any atom is 0.256 e. The molecule has 33 heavy (non-hydrogen) atoms. The summed E-state index contributed by atoms with van der Waals surface area (Å²) in [6.45, 7) is 2.38. The van der Waals surface area contributed by atoms with Crippen molar-refractivity contribution in [3.05, 3.63) is 71.3 Å². The van der Waals surface area contributed by atoms with E-state index in [1.807, 2.05) is 47.4 Å². The first-order valence-corrected chi connectivity index (χ1v) is 11.7. The van der Waals surface area contributed by atoms with Gasteiger partial charge >= 0.3 is 0 Å². The molecule has 0 aromatic heterocycles. The molecule has 1 fully saturated rings. The van der Waals surface area contributed by atoms with Crippen LogP contribution in [0.5, 0.6) is 5.75 Å². The van der Waals surface area contributed by atoms with Crippen molar-refractivity contribution in [1.29, 1.82) is 0 Å². The van der Waals surface area contributed by atoms with Crippen molar-refractivity contribution >= 4 is 28.3 Å². The van der Waals surface area contributed by atoms with E-state index in [0.29, 0.717) is 29.4 Å². The Hall–Kier alpha value is -3.38. The van der Waals surface area contributed by atoms with Crippen LogP contribution in [0.4, 0.5) is 5.69 Å². The molecule has 0 bridgehead atoms. The first-order valence-electron chi connectivity index (χ1n) is 11.7. The summed E-state index contributed by atoms with van der Waals surface area (Å²) in [6.07, 6.45) is 4.62. The van der Waals surface area contributed by atoms with Crippen LogP contribution in [-0.4, -0.2) is 43.0 Å². The van der Waals surface area contributed by atoms with Gasteiger partial charge in [-0.1, -0.05) is 42.8 Å². The molecular formula is C27H29N3O3. The van der Waals surface area contributed by atoms with Gasteiger partial charge in [-0.05, 0) is 55.0 Å². The second kappa shape index (κ2) is 9.24. The molecule has 2 aliphatic heterocycles. The minimum Gasteiger partial charge on any atom is -0.496 e. The second-order valence-electron chi connectivity index (χ2n) is 8.82. The molecule has 2 heterocycles. The fourth-order valence-electron chi connectivity index (χ4n) is 5.02. The number of piperidine rings is 1. The number of carbonyl (C=O) groups is 2. The van der Waals surface area contributed by atoms with Gasteiger partial charge in [0.1, 0.15) is 5.75 Å². The van der Waals surface area contributed by atoms with Crippen LogP contribution in [-0.2, 0) is 6.54 Å². The highest BCUT2D eigenvalue weighted by molar-refractivity contribution is 6.16. The van der Waals surface area contributed by atoms with Crippen LogP contribution >= 0.6 is 0 Å². The number of amides is 2. The summed E-state index contributed by atoms with van der Waals surface area (Å²) in [7, 11) is 1.62. The fraction of sp³-hybridized carbons (Fsp3) is 0.333. The monoisotopic (exact) mass is 443 g/mol. The average Bonchev–Trinajstić information content (AvgIpc) is 3.19. The molecule has 170 valence electrons. The molecule has 0 saturated carbocycles. The van der Waals surface area contributed by atoms with Gasteiger partial charge in [0.05, 0.1) is 18.4 Å². The topological polar surface area (TPSA) is 70.7 Å². The Kier molecular flexibility index (Phi) is 6.01. The highest BCUT2D eigenvalue weighted by atomic mass is 16.5. The summed E-state index contributed by atoms with van der Waals surface area (Å²) in [6, 6.07) is 17.4. The summed E-state index contributed by atoms with van der Waals surface area (Å²) in [5.41, 5.74) is 2.70. The van der Waals surface area contributed by atoms with E-state index in [1.54, 1.807) is 19.2 Å². The fourth-order valence-corrected chi connectivity index (χ4v) is 5.02. The lowest BCUT2D eigenvalue weighted by Crippen LogP contribution is -2.37. The van der Waals surface area contributed by atoms with Gasteiger partial charge in [0.2, 0.25) is 0 Å². The predicted octanol–water partition coefficient (Wildman–Crippen LogP) is 4.59. The molecular weight excluding hydrogens is 414 g/mol. The van der Waals surface area contributed by atoms with Gasteiger partial charge in [0.25, 0.3) is 11.8 Å². The number of nitrogens with zero attached hydrogens (tertiary/aromatic N) is 1. The second-order valence-corrected chi connectivity index (χ2v) is 8.82. The largest absolute Gasteiger partial charge is 0.496 e. The quantitative estimate of drug-likeness (QED) is 0.585. The van der Waals surface area contributed by atoms with Crippen LogP contribution in [0, 0.1) is 0 Å². The van der Waals surface area contributed by atoms with Crippen molar-refractivity contribution in [3.63, 3.8) is 0 Å². The maximum absolute atomic E-state index is 13.3. The van der Waals surface area contributed by atoms with E-state index in [1.165, 1.54) is 19.3 Å². The summed E-state index contributed by atoms with van der Waals surface area (Å²) < 4.78 is 5.45. The van der Waals surface area contributed by atoms with Gasteiger partial charge in [-0.2, -0.15) is 0 Å². The minimum absolute atomic E-state index is 0.00343. The molecule has 6 nitrogen and oxygen atoms in total. The number of methoxy groups -OCH3 is 1. The standard InChI is InChI=1S/C27H29N3O3/c1-33-24-13-12-22(20-9-2-3-10-21(20)24)26(31)29-23-11-6-7-18-17-30(27(32)25(18)23)16-14-19-8-4-5-15-28-19/h2-3,6-7,9-13,19,28H,4-5,8,14-17H2,1H3,(H,29,31). The van der Waals surface area contributed by atoms with Crippen LogP contribution in [0.25, 0.3) is 10.8 Å². The zero-order chi connectivity index (χ0) is 22.8. The third-order valence-electron chi connectivity index (χ3n) is 6.77. The zero-order valence-electron chi connectivity index (χ0n) is 18.9. The number of ether oxygens (including phenoxy) is 1. The summed E-state index contributed by atoms with van der Waals surface area (Å²) in [5.74, 6) is 0.484. The Morgan fingerprint density at radius 1 is 1.09 bits per heavy atom. The van der Waals surface area contributed by atoms with Gasteiger partial charge < -0.3 is 20.3 Å². The summed E-state index contributed by atoms with van der Waals surface area (Å²) >= 11 is 0. The molecule has 1 saturated heterocycles. The number of fused-ring (bicyclic) bond motifs is 2. The maximum atomic E-state index is 13.3. The third-order valence-corrected chi connectivity index (χ3v) is 6.77. The number of carbonyl (C=O) groups excluding carboxylic acids is 2. The lowest BCUT2D eigenvalue weighted by atomic mass is 10.0. The smallest absolute Gasteiger partial charge is 0.256 e. The van der Waals surface area contributed by atoms with E-state index < -0.39 is 0 Å². The SMILES string of the molecule is COc1ccc(C(=O)Nc2cccc3c2C(=O)N(CCC2CCCCN2)C3)c2ccccc12. The summed E-state index contributed by atoms with van der Waals surface area (Å²) in [5, 5.41) is 8.25. The Balaban J connectivity index is 1.36. The molecule has 0 spiro atoms. The van der Waals surface area contributed by atoms with E-state index in [-0.39, 0.29) is 11.8 Å². The molecule has 6 heteroatoms.